The zero-order valence-corrected chi connectivity index (χ0v) is 15.1. The van der Waals surface area contributed by atoms with Gasteiger partial charge in [-0.1, -0.05) is 6.92 Å². The number of aromatic nitrogens is 1. The lowest BCUT2D eigenvalue weighted by Crippen LogP contribution is -2.39. The van der Waals surface area contributed by atoms with Crippen LogP contribution in [-0.2, 0) is 14.8 Å². The van der Waals surface area contributed by atoms with Crippen molar-refractivity contribution >= 4 is 31.8 Å². The van der Waals surface area contributed by atoms with Gasteiger partial charge in [-0.25, -0.2) is 18.1 Å². The Morgan fingerprint density at radius 3 is 2.67 bits per heavy atom. The number of sulfonamides is 1. The van der Waals surface area contributed by atoms with Crippen molar-refractivity contribution in [2.75, 3.05) is 25.5 Å². The first-order valence-corrected chi connectivity index (χ1v) is 8.93. The predicted octanol–water partition coefficient (Wildman–Crippen LogP) is 2.37. The number of halogens is 1. The van der Waals surface area contributed by atoms with Crippen LogP contribution in [0, 0.1) is 0 Å². The number of nitrogens with one attached hydrogen (secondary N) is 2. The van der Waals surface area contributed by atoms with E-state index < -0.39 is 15.6 Å². The zero-order chi connectivity index (χ0) is 16.1. The number of pyridine rings is 1. The lowest BCUT2D eigenvalue weighted by molar-refractivity contribution is 0.0276. The molecule has 0 aliphatic carbocycles. The Balaban J connectivity index is 3.03. The molecule has 0 fully saturated rings. The van der Waals surface area contributed by atoms with Crippen LogP contribution < -0.4 is 10.0 Å². The molecular formula is C13H22BrN3O3S. The molecule has 1 aromatic rings. The van der Waals surface area contributed by atoms with E-state index in [4.69, 9.17) is 4.74 Å². The Morgan fingerprint density at radius 2 is 2.10 bits per heavy atom. The second-order valence-corrected chi connectivity index (χ2v) is 7.87. The maximum absolute atomic E-state index is 12.5. The van der Waals surface area contributed by atoms with Gasteiger partial charge >= 0.3 is 0 Å². The van der Waals surface area contributed by atoms with Gasteiger partial charge in [-0.2, -0.15) is 0 Å². The summed E-state index contributed by atoms with van der Waals surface area (Å²) < 4.78 is 33.3. The molecule has 0 unspecified atom stereocenters. The Kier molecular flexibility index (Phi) is 6.58. The quantitative estimate of drug-likeness (QED) is 0.724. The molecule has 21 heavy (non-hydrogen) atoms. The lowest BCUT2D eigenvalue weighted by Gasteiger charge is -2.23. The maximum Gasteiger partial charge on any atom is 0.244 e. The van der Waals surface area contributed by atoms with Crippen LogP contribution in [0.5, 0.6) is 0 Å². The summed E-state index contributed by atoms with van der Waals surface area (Å²) in [6, 6.07) is 1.53. The van der Waals surface area contributed by atoms with Crippen molar-refractivity contribution in [2.24, 2.45) is 0 Å². The smallest absolute Gasteiger partial charge is 0.244 e. The third-order valence-corrected chi connectivity index (χ3v) is 4.74. The molecule has 0 atom stereocenters. The molecule has 0 radical (unpaired) electrons. The molecule has 0 saturated heterocycles. The van der Waals surface area contributed by atoms with Crippen LogP contribution in [-0.4, -0.2) is 39.2 Å². The molecule has 0 spiro atoms. The molecule has 1 rings (SSSR count). The summed E-state index contributed by atoms with van der Waals surface area (Å²) in [4.78, 5) is 4.26. The van der Waals surface area contributed by atoms with E-state index in [1.165, 1.54) is 6.07 Å². The van der Waals surface area contributed by atoms with Crippen molar-refractivity contribution in [3.8, 4) is 0 Å². The van der Waals surface area contributed by atoms with Gasteiger partial charge in [0, 0.05) is 30.9 Å². The molecule has 0 aliphatic rings. The number of anilines is 1. The Bertz CT molecular complexity index is 576. The van der Waals surface area contributed by atoms with Crippen LogP contribution in [0.2, 0.25) is 0 Å². The minimum atomic E-state index is -3.67. The van der Waals surface area contributed by atoms with E-state index in [1.807, 2.05) is 20.8 Å². The monoisotopic (exact) mass is 379 g/mol. The van der Waals surface area contributed by atoms with E-state index in [2.05, 4.69) is 31.0 Å². The summed E-state index contributed by atoms with van der Waals surface area (Å²) in [6.07, 6.45) is 2.44. The first-order valence-electron chi connectivity index (χ1n) is 6.66. The average molecular weight is 380 g/mol. The minimum Gasteiger partial charge on any atom is -0.377 e. The second-order valence-electron chi connectivity index (χ2n) is 5.22. The highest BCUT2D eigenvalue weighted by Gasteiger charge is 2.24. The average Bonchev–Trinajstić information content (AvgIpc) is 2.44. The minimum absolute atomic E-state index is 0.122. The van der Waals surface area contributed by atoms with Crippen molar-refractivity contribution in [3.05, 3.63) is 16.7 Å². The number of nitrogens with zero attached hydrogens (tertiary/aromatic N) is 1. The topological polar surface area (TPSA) is 80.3 Å². The van der Waals surface area contributed by atoms with Gasteiger partial charge in [0.1, 0.15) is 10.7 Å². The maximum atomic E-state index is 12.5. The summed E-state index contributed by atoms with van der Waals surface area (Å²) in [5.74, 6) is 0.350. The predicted molar refractivity (Wildman–Crippen MR) is 87.0 cm³/mol. The van der Waals surface area contributed by atoms with E-state index >= 15 is 0 Å². The number of methoxy groups -OCH3 is 1. The summed E-state index contributed by atoms with van der Waals surface area (Å²) >= 11 is 3.25. The highest BCUT2D eigenvalue weighted by Crippen LogP contribution is 2.23. The van der Waals surface area contributed by atoms with Gasteiger partial charge in [-0.05, 0) is 42.3 Å². The van der Waals surface area contributed by atoms with Gasteiger partial charge in [0.25, 0.3) is 0 Å². The molecule has 0 aromatic carbocycles. The van der Waals surface area contributed by atoms with Gasteiger partial charge in [0.15, 0.2) is 0 Å². The summed E-state index contributed by atoms with van der Waals surface area (Å²) in [5, 5.41) is 3.03. The van der Waals surface area contributed by atoms with Crippen LogP contribution >= 0.6 is 15.9 Å². The van der Waals surface area contributed by atoms with Crippen molar-refractivity contribution < 1.29 is 13.2 Å². The number of rotatable bonds is 8. The number of hydrogen-bond acceptors (Lipinski definition) is 5. The molecule has 2 N–H and O–H groups in total. The van der Waals surface area contributed by atoms with E-state index in [1.54, 1.807) is 13.3 Å². The van der Waals surface area contributed by atoms with E-state index in [-0.39, 0.29) is 11.4 Å². The Morgan fingerprint density at radius 1 is 1.43 bits per heavy atom. The Hall–Kier alpha value is -0.700. The van der Waals surface area contributed by atoms with Gasteiger partial charge in [-0.15, -0.1) is 0 Å². The standard InChI is InChI=1S/C13H22BrN3O3S/c1-5-6-15-12-11(7-10(14)8-16-12)21(18,19)17-9-13(2,3)20-4/h7-8,17H,5-6,9H2,1-4H3,(H,15,16). The molecule has 8 heteroatoms. The number of hydrogen-bond donors (Lipinski definition) is 2. The summed E-state index contributed by atoms with van der Waals surface area (Å²) in [6.45, 7) is 6.45. The molecule has 120 valence electrons. The van der Waals surface area contributed by atoms with Crippen LogP contribution in [0.15, 0.2) is 21.6 Å². The molecule has 1 aromatic heterocycles. The molecule has 0 bridgehead atoms. The highest BCUT2D eigenvalue weighted by molar-refractivity contribution is 9.10. The molecule has 0 saturated carbocycles. The van der Waals surface area contributed by atoms with Crippen molar-refractivity contribution in [3.63, 3.8) is 0 Å². The molecular weight excluding hydrogens is 358 g/mol. The van der Waals surface area contributed by atoms with Crippen molar-refractivity contribution in [1.29, 1.82) is 0 Å². The van der Waals surface area contributed by atoms with E-state index in [9.17, 15) is 8.42 Å². The summed E-state index contributed by atoms with van der Waals surface area (Å²) in [5.41, 5.74) is -0.580. The van der Waals surface area contributed by atoms with Gasteiger partial charge < -0.3 is 10.1 Å². The first-order chi connectivity index (χ1) is 9.72. The summed E-state index contributed by atoms with van der Waals surface area (Å²) in [7, 11) is -2.13. The molecule has 0 amide bonds. The zero-order valence-electron chi connectivity index (χ0n) is 12.7. The third-order valence-electron chi connectivity index (χ3n) is 2.89. The second kappa shape index (κ2) is 7.53. The van der Waals surface area contributed by atoms with E-state index in [0.29, 0.717) is 16.8 Å². The Labute approximate surface area is 134 Å². The van der Waals surface area contributed by atoms with Crippen LogP contribution in [0.25, 0.3) is 0 Å². The normalized spacial score (nSPS) is 12.4. The lowest BCUT2D eigenvalue weighted by atomic mass is 10.1. The molecule has 1 heterocycles. The molecule has 0 aliphatic heterocycles. The van der Waals surface area contributed by atoms with Gasteiger partial charge in [0.2, 0.25) is 10.0 Å². The van der Waals surface area contributed by atoms with Crippen LogP contribution in [0.1, 0.15) is 27.2 Å². The fourth-order valence-electron chi connectivity index (χ4n) is 1.42. The van der Waals surface area contributed by atoms with Crippen molar-refractivity contribution in [1.82, 2.24) is 9.71 Å². The molecule has 6 nitrogen and oxygen atoms in total. The largest absolute Gasteiger partial charge is 0.377 e. The fraction of sp³-hybridized carbons (Fsp3) is 0.615. The fourth-order valence-corrected chi connectivity index (χ4v) is 3.26. The van der Waals surface area contributed by atoms with Gasteiger partial charge in [-0.3, -0.25) is 0 Å². The van der Waals surface area contributed by atoms with Crippen LogP contribution in [0.3, 0.4) is 0 Å². The first kappa shape index (κ1) is 18.3. The SMILES string of the molecule is CCCNc1ncc(Br)cc1S(=O)(=O)NCC(C)(C)OC. The van der Waals surface area contributed by atoms with Gasteiger partial charge in [0.05, 0.1) is 5.60 Å². The number of ether oxygens (including phenoxy) is 1. The highest BCUT2D eigenvalue weighted by atomic mass is 79.9. The van der Waals surface area contributed by atoms with Crippen LogP contribution in [0.4, 0.5) is 5.82 Å². The third kappa shape index (κ3) is 5.54. The van der Waals surface area contributed by atoms with E-state index in [0.717, 1.165) is 6.42 Å². The van der Waals surface area contributed by atoms with Crippen molar-refractivity contribution in [2.45, 2.75) is 37.7 Å².